The highest BCUT2D eigenvalue weighted by molar-refractivity contribution is 7.92. The van der Waals surface area contributed by atoms with E-state index in [-0.39, 0.29) is 35.6 Å². The minimum atomic E-state index is -3.98. The fourth-order valence-corrected chi connectivity index (χ4v) is 5.21. The Labute approximate surface area is 234 Å². The zero-order valence-corrected chi connectivity index (χ0v) is 24.0. The predicted molar refractivity (Wildman–Crippen MR) is 153 cm³/mol. The maximum absolute atomic E-state index is 14.0. The smallest absolute Gasteiger partial charge is 0.244 e. The van der Waals surface area contributed by atoms with E-state index in [2.05, 4.69) is 5.32 Å². The monoisotopic (exact) mass is 573 g/mol. The van der Waals surface area contributed by atoms with Gasteiger partial charge in [-0.15, -0.1) is 0 Å². The van der Waals surface area contributed by atoms with E-state index in [1.807, 2.05) is 75.4 Å². The molecule has 0 aromatic heterocycles. The van der Waals surface area contributed by atoms with E-state index in [0.717, 1.165) is 39.4 Å². The van der Waals surface area contributed by atoms with Crippen LogP contribution < -0.4 is 9.62 Å². The van der Waals surface area contributed by atoms with Crippen molar-refractivity contribution in [3.05, 3.63) is 100 Å². The van der Waals surface area contributed by atoms with Gasteiger partial charge in [-0.3, -0.25) is 13.9 Å². The first kappa shape index (κ1) is 30.1. The summed E-state index contributed by atoms with van der Waals surface area (Å²) in [5.74, 6) is -1.66. The van der Waals surface area contributed by atoms with Crippen molar-refractivity contribution in [2.75, 3.05) is 17.1 Å². The average Bonchev–Trinajstić information content (AvgIpc) is 2.86. The largest absolute Gasteiger partial charge is 0.352 e. The highest BCUT2D eigenvalue weighted by atomic mass is 35.5. The summed E-state index contributed by atoms with van der Waals surface area (Å²) in [5, 5.41) is 2.63. The maximum atomic E-state index is 14.0. The fraction of sp³-hybridized carbons (Fsp3) is 0.310. The van der Waals surface area contributed by atoms with Gasteiger partial charge in [-0.2, -0.15) is 0 Å². The normalized spacial score (nSPS) is 12.2. The van der Waals surface area contributed by atoms with Crippen molar-refractivity contribution in [2.24, 2.45) is 0 Å². The number of sulfonamides is 1. The first-order valence-corrected chi connectivity index (χ1v) is 14.7. The Morgan fingerprint density at radius 2 is 1.64 bits per heavy atom. The average molecular weight is 574 g/mol. The number of nitrogens with zero attached hydrogens (tertiary/aromatic N) is 2. The van der Waals surface area contributed by atoms with Crippen LogP contribution in [0, 0.1) is 12.7 Å². The molecule has 0 saturated heterocycles. The molecule has 7 nitrogen and oxygen atoms in total. The number of anilines is 1. The highest BCUT2D eigenvalue weighted by Gasteiger charge is 2.33. The molecule has 1 atom stereocenters. The summed E-state index contributed by atoms with van der Waals surface area (Å²) in [7, 11) is -3.98. The van der Waals surface area contributed by atoms with E-state index in [1.165, 1.54) is 11.0 Å². The second-order valence-electron chi connectivity index (χ2n) is 9.75. The quantitative estimate of drug-likeness (QED) is 0.360. The standard InChI is InChI=1S/C29H33ClFN3O4S/c1-20(2)32-29(36)27(16-22-10-6-5-7-11-22)33(18-23-12-8-9-21(3)15-23)28(35)19-34(39(4,37)38)24-13-14-26(31)25(30)17-24/h5-15,17,20,27H,16,18-19H2,1-4H3,(H,32,36)/t27-/m1/s1. The van der Waals surface area contributed by atoms with Crippen molar-refractivity contribution in [1.29, 1.82) is 0 Å². The van der Waals surface area contributed by atoms with Gasteiger partial charge in [-0.1, -0.05) is 71.8 Å². The van der Waals surface area contributed by atoms with Gasteiger partial charge in [-0.25, -0.2) is 12.8 Å². The number of carbonyl (C=O) groups excluding carboxylic acids is 2. The summed E-state index contributed by atoms with van der Waals surface area (Å²) in [5.41, 5.74) is 2.65. The number of hydrogen-bond donors (Lipinski definition) is 1. The lowest BCUT2D eigenvalue weighted by Gasteiger charge is -2.34. The van der Waals surface area contributed by atoms with Crippen molar-refractivity contribution in [3.8, 4) is 0 Å². The van der Waals surface area contributed by atoms with Gasteiger partial charge in [0.05, 0.1) is 17.0 Å². The third-order valence-corrected chi connectivity index (χ3v) is 7.44. The van der Waals surface area contributed by atoms with Crippen molar-refractivity contribution in [2.45, 2.75) is 45.8 Å². The number of nitrogens with one attached hydrogen (secondary N) is 1. The summed E-state index contributed by atoms with van der Waals surface area (Å²) in [6, 6.07) is 19.2. The van der Waals surface area contributed by atoms with E-state index in [1.54, 1.807) is 0 Å². The van der Waals surface area contributed by atoms with E-state index in [4.69, 9.17) is 11.6 Å². The molecule has 0 bridgehead atoms. The summed E-state index contributed by atoms with van der Waals surface area (Å²) < 4.78 is 40.2. The fourth-order valence-electron chi connectivity index (χ4n) is 4.20. The number of halogens is 2. The number of aryl methyl sites for hydroxylation is 1. The summed E-state index contributed by atoms with van der Waals surface area (Å²) in [6.45, 7) is 5.05. The van der Waals surface area contributed by atoms with Gasteiger partial charge in [0.1, 0.15) is 18.4 Å². The lowest BCUT2D eigenvalue weighted by Crippen LogP contribution is -2.54. The third-order valence-electron chi connectivity index (χ3n) is 6.01. The Bertz CT molecular complexity index is 1420. The Morgan fingerprint density at radius 1 is 0.974 bits per heavy atom. The molecule has 0 unspecified atom stereocenters. The molecule has 3 aromatic carbocycles. The zero-order chi connectivity index (χ0) is 28.7. The molecule has 0 saturated carbocycles. The van der Waals surface area contributed by atoms with Crippen LogP contribution in [0.3, 0.4) is 0 Å². The number of benzene rings is 3. The van der Waals surface area contributed by atoms with E-state index in [0.29, 0.717) is 0 Å². The first-order valence-electron chi connectivity index (χ1n) is 12.5. The molecular formula is C29H33ClFN3O4S. The summed E-state index contributed by atoms with van der Waals surface area (Å²) >= 11 is 5.92. The van der Waals surface area contributed by atoms with Crippen LogP contribution >= 0.6 is 11.6 Å². The lowest BCUT2D eigenvalue weighted by molar-refractivity contribution is -0.140. The Balaban J connectivity index is 2.07. The number of hydrogen-bond acceptors (Lipinski definition) is 4. The second kappa shape index (κ2) is 13.1. The van der Waals surface area contributed by atoms with E-state index < -0.39 is 34.3 Å². The molecule has 0 fully saturated rings. The number of rotatable bonds is 11. The van der Waals surface area contributed by atoms with Crippen LogP contribution in [0.2, 0.25) is 5.02 Å². The minimum absolute atomic E-state index is 0.0407. The molecule has 10 heteroatoms. The van der Waals surface area contributed by atoms with E-state index >= 15 is 0 Å². The van der Waals surface area contributed by atoms with Crippen LogP contribution in [-0.2, 0) is 32.6 Å². The second-order valence-corrected chi connectivity index (χ2v) is 12.1. The molecule has 0 heterocycles. The van der Waals surface area contributed by atoms with Crippen LogP contribution in [-0.4, -0.2) is 50.0 Å². The SMILES string of the molecule is Cc1cccc(CN(C(=O)CN(c2ccc(F)c(Cl)c2)S(C)(=O)=O)[C@H](Cc2ccccc2)C(=O)NC(C)C)c1. The minimum Gasteiger partial charge on any atom is -0.352 e. The number of carbonyl (C=O) groups is 2. The molecule has 0 aliphatic carbocycles. The molecule has 0 radical (unpaired) electrons. The molecule has 0 aliphatic heterocycles. The van der Waals surface area contributed by atoms with Crippen LogP contribution in [0.5, 0.6) is 0 Å². The Kier molecular flexibility index (Phi) is 10.1. The van der Waals surface area contributed by atoms with Gasteiger partial charge in [0.25, 0.3) is 0 Å². The predicted octanol–water partition coefficient (Wildman–Crippen LogP) is 4.72. The first-order chi connectivity index (χ1) is 18.3. The van der Waals surface area contributed by atoms with Crippen LogP contribution in [0.4, 0.5) is 10.1 Å². The van der Waals surface area contributed by atoms with Gasteiger partial charge in [0, 0.05) is 19.0 Å². The van der Waals surface area contributed by atoms with E-state index in [9.17, 15) is 22.4 Å². The van der Waals surface area contributed by atoms with Crippen molar-refractivity contribution < 1.29 is 22.4 Å². The zero-order valence-electron chi connectivity index (χ0n) is 22.4. The van der Waals surface area contributed by atoms with Gasteiger partial charge >= 0.3 is 0 Å². The topological polar surface area (TPSA) is 86.8 Å². The van der Waals surface area contributed by atoms with Crippen molar-refractivity contribution in [1.82, 2.24) is 10.2 Å². The molecule has 3 rings (SSSR count). The van der Waals surface area contributed by atoms with Crippen LogP contribution in [0.15, 0.2) is 72.8 Å². The van der Waals surface area contributed by atoms with Crippen molar-refractivity contribution in [3.63, 3.8) is 0 Å². The Morgan fingerprint density at radius 3 is 2.23 bits per heavy atom. The van der Waals surface area contributed by atoms with Crippen LogP contribution in [0.25, 0.3) is 0 Å². The Hall–Kier alpha value is -3.43. The molecule has 0 spiro atoms. The lowest BCUT2D eigenvalue weighted by atomic mass is 10.0. The molecular weight excluding hydrogens is 541 g/mol. The molecule has 3 aromatic rings. The summed E-state index contributed by atoms with van der Waals surface area (Å²) in [4.78, 5) is 28.9. The van der Waals surface area contributed by atoms with Crippen molar-refractivity contribution >= 4 is 39.1 Å². The van der Waals surface area contributed by atoms with Crippen LogP contribution in [0.1, 0.15) is 30.5 Å². The number of amides is 2. The third kappa shape index (κ3) is 8.53. The summed E-state index contributed by atoms with van der Waals surface area (Å²) in [6.07, 6.45) is 1.17. The molecule has 39 heavy (non-hydrogen) atoms. The highest BCUT2D eigenvalue weighted by Crippen LogP contribution is 2.25. The maximum Gasteiger partial charge on any atom is 0.244 e. The van der Waals surface area contributed by atoms with Gasteiger partial charge < -0.3 is 10.2 Å². The molecule has 208 valence electrons. The van der Waals surface area contributed by atoms with Gasteiger partial charge in [0.15, 0.2) is 0 Å². The van der Waals surface area contributed by atoms with Gasteiger partial charge in [0.2, 0.25) is 21.8 Å². The molecule has 0 aliphatic rings. The van der Waals surface area contributed by atoms with Gasteiger partial charge in [-0.05, 0) is 50.1 Å². The molecule has 2 amide bonds. The molecule has 1 N–H and O–H groups in total.